The number of benzene rings is 2. The van der Waals surface area contributed by atoms with Crippen LogP contribution in [-0.4, -0.2) is 38.2 Å². The van der Waals surface area contributed by atoms with Gasteiger partial charge in [-0.3, -0.25) is 4.79 Å². The van der Waals surface area contributed by atoms with E-state index in [2.05, 4.69) is 10.2 Å². The zero-order chi connectivity index (χ0) is 19.1. The number of carbonyl (C=O) groups excluding carboxylic acids is 2. The number of halogens is 1. The van der Waals surface area contributed by atoms with Crippen LogP contribution in [0.2, 0.25) is 0 Å². The Bertz CT molecular complexity index is 789. The van der Waals surface area contributed by atoms with Crippen molar-refractivity contribution in [2.24, 2.45) is 0 Å². The number of nitrogens with zero attached hydrogens (tertiary/aromatic N) is 1. The Kier molecular flexibility index (Phi) is 6.25. The lowest BCUT2D eigenvalue weighted by molar-refractivity contribution is -0.149. The molecule has 3 rings (SSSR count). The highest BCUT2D eigenvalue weighted by Gasteiger charge is 2.13. The number of carbonyl (C=O) groups is 2. The number of esters is 1. The minimum Gasteiger partial charge on any atom is -0.482 e. The van der Waals surface area contributed by atoms with E-state index in [4.69, 9.17) is 9.47 Å². The van der Waals surface area contributed by atoms with E-state index >= 15 is 0 Å². The second-order valence-electron chi connectivity index (χ2n) is 6.20. The first-order valence-corrected chi connectivity index (χ1v) is 8.79. The zero-order valence-corrected chi connectivity index (χ0v) is 14.8. The maximum absolute atomic E-state index is 13.0. The van der Waals surface area contributed by atoms with Gasteiger partial charge in [0.25, 0.3) is 5.91 Å². The summed E-state index contributed by atoms with van der Waals surface area (Å²) in [6, 6.07) is 13.0. The normalized spacial score (nSPS) is 13.3. The van der Waals surface area contributed by atoms with Gasteiger partial charge in [0.2, 0.25) is 0 Å². The van der Waals surface area contributed by atoms with Gasteiger partial charge in [0, 0.05) is 30.5 Å². The predicted molar refractivity (Wildman–Crippen MR) is 99.4 cm³/mol. The molecular weight excluding hydrogens is 351 g/mol. The molecule has 27 heavy (non-hydrogen) atoms. The fourth-order valence-corrected chi connectivity index (χ4v) is 2.81. The molecule has 6 nitrogen and oxygen atoms in total. The lowest BCUT2D eigenvalue weighted by Crippen LogP contribution is -2.23. The maximum atomic E-state index is 13.0. The van der Waals surface area contributed by atoms with Crippen LogP contribution in [0, 0.1) is 5.82 Å². The van der Waals surface area contributed by atoms with Gasteiger partial charge in [0.1, 0.15) is 11.6 Å². The summed E-state index contributed by atoms with van der Waals surface area (Å²) >= 11 is 0. The SMILES string of the molecule is O=C(COC(=O)COc1cccc(F)c1)Nc1ccc(N2CCCC2)cc1. The molecule has 0 unspecified atom stereocenters. The number of rotatable bonds is 7. The second kappa shape index (κ2) is 9.02. The van der Waals surface area contributed by atoms with Crippen LogP contribution < -0.4 is 15.0 Å². The highest BCUT2D eigenvalue weighted by atomic mass is 19.1. The summed E-state index contributed by atoms with van der Waals surface area (Å²) in [6.07, 6.45) is 2.40. The topological polar surface area (TPSA) is 67.9 Å². The first-order chi connectivity index (χ1) is 13.1. The van der Waals surface area contributed by atoms with Crippen molar-refractivity contribution in [3.63, 3.8) is 0 Å². The Balaban J connectivity index is 1.39. The van der Waals surface area contributed by atoms with E-state index in [9.17, 15) is 14.0 Å². The molecule has 0 spiro atoms. The Morgan fingerprint density at radius 3 is 2.48 bits per heavy atom. The Hall–Kier alpha value is -3.09. The minimum atomic E-state index is -0.709. The quantitative estimate of drug-likeness (QED) is 0.757. The molecule has 1 N–H and O–H groups in total. The van der Waals surface area contributed by atoms with Crippen LogP contribution in [0.25, 0.3) is 0 Å². The van der Waals surface area contributed by atoms with Crippen LogP contribution in [0.1, 0.15) is 12.8 Å². The fraction of sp³-hybridized carbons (Fsp3) is 0.300. The van der Waals surface area contributed by atoms with Gasteiger partial charge in [-0.25, -0.2) is 9.18 Å². The summed E-state index contributed by atoms with van der Waals surface area (Å²) in [5, 5.41) is 2.67. The molecule has 1 amide bonds. The maximum Gasteiger partial charge on any atom is 0.344 e. The van der Waals surface area contributed by atoms with Crippen molar-refractivity contribution in [1.29, 1.82) is 0 Å². The highest BCUT2D eigenvalue weighted by molar-refractivity contribution is 5.93. The molecule has 1 aliphatic rings. The number of ether oxygens (including phenoxy) is 2. The van der Waals surface area contributed by atoms with Gasteiger partial charge < -0.3 is 19.7 Å². The van der Waals surface area contributed by atoms with E-state index in [1.807, 2.05) is 24.3 Å². The van der Waals surface area contributed by atoms with Gasteiger partial charge in [-0.1, -0.05) is 6.07 Å². The molecular formula is C20H21FN2O4. The van der Waals surface area contributed by atoms with Crippen molar-refractivity contribution >= 4 is 23.3 Å². The summed E-state index contributed by atoms with van der Waals surface area (Å²) < 4.78 is 23.0. The molecule has 1 heterocycles. The standard InChI is InChI=1S/C20H21FN2O4/c21-15-4-3-5-18(12-15)26-14-20(25)27-13-19(24)22-16-6-8-17(9-7-16)23-10-1-2-11-23/h3-9,12H,1-2,10-11,13-14H2,(H,22,24). The summed E-state index contributed by atoms with van der Waals surface area (Å²) in [5.41, 5.74) is 1.77. The van der Waals surface area contributed by atoms with Crippen molar-refractivity contribution in [1.82, 2.24) is 0 Å². The van der Waals surface area contributed by atoms with E-state index < -0.39 is 30.9 Å². The van der Waals surface area contributed by atoms with Gasteiger partial charge in [-0.15, -0.1) is 0 Å². The first kappa shape index (κ1) is 18.7. The molecule has 0 aromatic heterocycles. The van der Waals surface area contributed by atoms with Gasteiger partial charge in [0.05, 0.1) is 0 Å². The van der Waals surface area contributed by atoms with Crippen LogP contribution >= 0.6 is 0 Å². The molecule has 0 aliphatic carbocycles. The van der Waals surface area contributed by atoms with Crippen molar-refractivity contribution in [3.8, 4) is 5.75 Å². The molecule has 0 atom stereocenters. The molecule has 2 aromatic rings. The van der Waals surface area contributed by atoms with Gasteiger partial charge >= 0.3 is 5.97 Å². The molecule has 7 heteroatoms. The molecule has 1 fully saturated rings. The third kappa shape index (κ3) is 5.70. The van der Waals surface area contributed by atoms with Crippen molar-refractivity contribution < 1.29 is 23.5 Å². The van der Waals surface area contributed by atoms with Gasteiger partial charge in [-0.2, -0.15) is 0 Å². The summed E-state index contributed by atoms with van der Waals surface area (Å²) in [6.45, 7) is 1.29. The summed E-state index contributed by atoms with van der Waals surface area (Å²) in [7, 11) is 0. The van der Waals surface area contributed by atoms with E-state index in [1.54, 1.807) is 0 Å². The van der Waals surface area contributed by atoms with Crippen LogP contribution in [0.15, 0.2) is 48.5 Å². The monoisotopic (exact) mass is 372 g/mol. The van der Waals surface area contributed by atoms with E-state index in [0.29, 0.717) is 5.69 Å². The Labute approximate surface area is 156 Å². The van der Waals surface area contributed by atoms with Crippen molar-refractivity contribution in [3.05, 3.63) is 54.3 Å². The minimum absolute atomic E-state index is 0.217. The molecule has 142 valence electrons. The highest BCUT2D eigenvalue weighted by Crippen LogP contribution is 2.22. The predicted octanol–water partition coefficient (Wildman–Crippen LogP) is 2.99. The number of anilines is 2. The van der Waals surface area contributed by atoms with E-state index in [-0.39, 0.29) is 5.75 Å². The summed E-state index contributed by atoms with van der Waals surface area (Å²) in [4.78, 5) is 25.8. The number of amides is 1. The molecule has 0 radical (unpaired) electrons. The van der Waals surface area contributed by atoms with Crippen LogP contribution in [0.4, 0.5) is 15.8 Å². The second-order valence-corrected chi connectivity index (χ2v) is 6.20. The largest absolute Gasteiger partial charge is 0.482 e. The molecule has 1 saturated heterocycles. The lowest BCUT2D eigenvalue weighted by Gasteiger charge is -2.17. The van der Waals surface area contributed by atoms with E-state index in [0.717, 1.165) is 24.8 Å². The smallest absolute Gasteiger partial charge is 0.344 e. The lowest BCUT2D eigenvalue weighted by atomic mass is 10.2. The molecule has 0 saturated carbocycles. The Morgan fingerprint density at radius 2 is 1.78 bits per heavy atom. The average Bonchev–Trinajstić information content (AvgIpc) is 3.20. The number of nitrogens with one attached hydrogen (secondary N) is 1. The molecule has 1 aliphatic heterocycles. The van der Waals surface area contributed by atoms with Crippen LogP contribution in [0.3, 0.4) is 0 Å². The fourth-order valence-electron chi connectivity index (χ4n) is 2.81. The van der Waals surface area contributed by atoms with Gasteiger partial charge in [0.15, 0.2) is 13.2 Å². The average molecular weight is 372 g/mol. The number of hydrogen-bond donors (Lipinski definition) is 1. The Morgan fingerprint density at radius 1 is 1.04 bits per heavy atom. The number of hydrogen-bond acceptors (Lipinski definition) is 5. The third-order valence-electron chi connectivity index (χ3n) is 4.14. The zero-order valence-electron chi connectivity index (χ0n) is 14.8. The van der Waals surface area contributed by atoms with E-state index in [1.165, 1.54) is 31.0 Å². The van der Waals surface area contributed by atoms with Crippen LogP contribution in [-0.2, 0) is 14.3 Å². The summed E-state index contributed by atoms with van der Waals surface area (Å²) in [5.74, 6) is -1.40. The third-order valence-corrected chi connectivity index (χ3v) is 4.14. The van der Waals surface area contributed by atoms with Gasteiger partial charge in [-0.05, 0) is 49.2 Å². The molecule has 0 bridgehead atoms. The van der Waals surface area contributed by atoms with Crippen molar-refractivity contribution in [2.45, 2.75) is 12.8 Å². The molecule has 2 aromatic carbocycles. The van der Waals surface area contributed by atoms with Crippen molar-refractivity contribution in [2.75, 3.05) is 36.5 Å². The van der Waals surface area contributed by atoms with Crippen LogP contribution in [0.5, 0.6) is 5.75 Å². The first-order valence-electron chi connectivity index (χ1n) is 8.79.